The zero-order chi connectivity index (χ0) is 12.6. The predicted octanol–water partition coefficient (Wildman–Crippen LogP) is 2.50. The maximum atomic E-state index is 10.9. The zero-order valence-electron chi connectivity index (χ0n) is 10.1. The van der Waals surface area contributed by atoms with Crippen molar-refractivity contribution in [2.24, 2.45) is 0 Å². The minimum atomic E-state index is -0.901. The molecule has 0 unspecified atom stereocenters. The Morgan fingerprint density at radius 1 is 1.24 bits per heavy atom. The van der Waals surface area contributed by atoms with Gasteiger partial charge in [-0.05, 0) is 50.6 Å². The molecule has 0 bridgehead atoms. The lowest BCUT2D eigenvalue weighted by Gasteiger charge is -2.07. The zero-order valence-corrected chi connectivity index (χ0v) is 10.1. The number of aryl methyl sites for hydroxylation is 3. The first-order chi connectivity index (χ1) is 7.99. The van der Waals surface area contributed by atoms with Crippen LogP contribution in [-0.4, -0.2) is 20.9 Å². The van der Waals surface area contributed by atoms with Gasteiger partial charge < -0.3 is 5.11 Å². The summed E-state index contributed by atoms with van der Waals surface area (Å²) in [6, 6.07) is 7.21. The Balaban J connectivity index is 2.51. The lowest BCUT2D eigenvalue weighted by molar-refractivity contribution is 0.0696. The molecule has 0 aliphatic carbocycles. The molecular weight excluding hydrogens is 216 g/mol. The molecule has 17 heavy (non-hydrogen) atoms. The van der Waals surface area contributed by atoms with Crippen LogP contribution in [0.2, 0.25) is 0 Å². The van der Waals surface area contributed by atoms with Crippen molar-refractivity contribution in [2.45, 2.75) is 20.8 Å². The van der Waals surface area contributed by atoms with Gasteiger partial charge in [0.1, 0.15) is 0 Å². The first-order valence-corrected chi connectivity index (χ1v) is 5.36. The fourth-order valence-electron chi connectivity index (χ4n) is 1.91. The first kappa shape index (κ1) is 11.4. The Morgan fingerprint density at radius 2 is 1.94 bits per heavy atom. The quantitative estimate of drug-likeness (QED) is 0.862. The second kappa shape index (κ2) is 4.05. The van der Waals surface area contributed by atoms with Crippen molar-refractivity contribution in [3.8, 4) is 5.69 Å². The van der Waals surface area contributed by atoms with Crippen LogP contribution < -0.4 is 0 Å². The van der Waals surface area contributed by atoms with Crippen molar-refractivity contribution in [3.05, 3.63) is 46.8 Å². The van der Waals surface area contributed by atoms with Crippen LogP contribution in [-0.2, 0) is 0 Å². The van der Waals surface area contributed by atoms with Crippen LogP contribution in [0.3, 0.4) is 0 Å². The summed E-state index contributed by atoms with van der Waals surface area (Å²) in [5, 5.41) is 13.3. The van der Waals surface area contributed by atoms with E-state index in [1.807, 2.05) is 30.7 Å². The molecule has 1 aromatic carbocycles. The second-order valence-electron chi connectivity index (χ2n) is 4.14. The molecule has 2 rings (SSSR count). The Labute approximate surface area is 99.5 Å². The molecule has 0 atom stereocenters. The molecule has 1 N–H and O–H groups in total. The average molecular weight is 230 g/mol. The van der Waals surface area contributed by atoms with Gasteiger partial charge in [0, 0.05) is 5.69 Å². The molecule has 88 valence electrons. The van der Waals surface area contributed by atoms with Crippen molar-refractivity contribution in [2.75, 3.05) is 0 Å². The van der Waals surface area contributed by atoms with Crippen molar-refractivity contribution < 1.29 is 9.90 Å². The van der Waals surface area contributed by atoms with E-state index in [9.17, 15) is 4.79 Å². The third-order valence-corrected chi connectivity index (χ3v) is 2.69. The number of aromatic nitrogens is 2. The summed E-state index contributed by atoms with van der Waals surface area (Å²) in [6.07, 6.45) is 0. The number of carbonyl (C=O) groups is 1. The molecule has 1 heterocycles. The third kappa shape index (κ3) is 2.06. The third-order valence-electron chi connectivity index (χ3n) is 2.69. The molecule has 0 aliphatic heterocycles. The number of aromatic carboxylic acids is 1. The molecule has 0 saturated carbocycles. The molecule has 4 nitrogen and oxygen atoms in total. The largest absolute Gasteiger partial charge is 0.478 e. The Bertz CT molecular complexity index is 585. The molecule has 0 spiro atoms. The number of hydrogen-bond donors (Lipinski definition) is 1. The number of hydrogen-bond acceptors (Lipinski definition) is 2. The fourth-order valence-corrected chi connectivity index (χ4v) is 1.91. The highest BCUT2D eigenvalue weighted by Crippen LogP contribution is 2.16. The normalized spacial score (nSPS) is 10.5. The molecule has 0 aliphatic rings. The smallest absolute Gasteiger partial charge is 0.335 e. The molecule has 0 fully saturated rings. The van der Waals surface area contributed by atoms with E-state index in [4.69, 9.17) is 5.11 Å². The maximum Gasteiger partial charge on any atom is 0.335 e. The van der Waals surface area contributed by atoms with Crippen LogP contribution in [0.5, 0.6) is 0 Å². The van der Waals surface area contributed by atoms with E-state index in [2.05, 4.69) is 5.10 Å². The first-order valence-electron chi connectivity index (χ1n) is 5.36. The van der Waals surface area contributed by atoms with Crippen molar-refractivity contribution >= 4 is 5.97 Å². The highest BCUT2D eigenvalue weighted by atomic mass is 16.4. The minimum absolute atomic E-state index is 0.329. The lowest BCUT2D eigenvalue weighted by Crippen LogP contribution is -2.03. The van der Waals surface area contributed by atoms with Crippen molar-refractivity contribution in [1.82, 2.24) is 9.78 Å². The van der Waals surface area contributed by atoms with Crippen molar-refractivity contribution in [1.29, 1.82) is 0 Å². The summed E-state index contributed by atoms with van der Waals surface area (Å²) in [7, 11) is 0. The number of carboxylic acids is 1. The summed E-state index contributed by atoms with van der Waals surface area (Å²) in [5.41, 5.74) is 3.93. The van der Waals surface area contributed by atoms with E-state index in [-0.39, 0.29) is 0 Å². The number of carboxylic acid groups (broad SMARTS) is 1. The second-order valence-corrected chi connectivity index (χ2v) is 4.14. The highest BCUT2D eigenvalue weighted by molar-refractivity contribution is 5.89. The Hall–Kier alpha value is -2.10. The highest BCUT2D eigenvalue weighted by Gasteiger charge is 2.09. The van der Waals surface area contributed by atoms with Gasteiger partial charge in [-0.2, -0.15) is 5.10 Å². The van der Waals surface area contributed by atoms with E-state index in [0.717, 1.165) is 22.6 Å². The summed E-state index contributed by atoms with van der Waals surface area (Å²) in [4.78, 5) is 10.9. The maximum absolute atomic E-state index is 10.9. The summed E-state index contributed by atoms with van der Waals surface area (Å²) < 4.78 is 1.81. The number of rotatable bonds is 2. The van der Waals surface area contributed by atoms with Gasteiger partial charge in [-0.25, -0.2) is 9.48 Å². The Morgan fingerprint density at radius 3 is 2.41 bits per heavy atom. The molecule has 0 amide bonds. The molecule has 2 aromatic rings. The summed E-state index contributed by atoms with van der Waals surface area (Å²) in [5.74, 6) is -0.901. The topological polar surface area (TPSA) is 55.1 Å². The van der Waals surface area contributed by atoms with Crippen LogP contribution in [0.1, 0.15) is 27.3 Å². The predicted molar refractivity (Wildman–Crippen MR) is 64.7 cm³/mol. The fraction of sp³-hybridized carbons (Fsp3) is 0.231. The van der Waals surface area contributed by atoms with Gasteiger partial charge in [0.15, 0.2) is 0 Å². The van der Waals surface area contributed by atoms with Crippen LogP contribution >= 0.6 is 0 Å². The molecular formula is C13H14N2O2. The molecule has 0 radical (unpaired) electrons. The Kier molecular flexibility index (Phi) is 2.71. The SMILES string of the molecule is Cc1cc(C)n(-c2ccc(C(=O)O)c(C)c2)n1. The van der Waals surface area contributed by atoms with Gasteiger partial charge >= 0.3 is 5.97 Å². The standard InChI is InChI=1S/C13H14N2O2/c1-8-6-11(4-5-12(8)13(16)17)15-10(3)7-9(2)14-15/h4-7H,1-3H3,(H,16,17). The van der Waals surface area contributed by atoms with Crippen LogP contribution in [0.15, 0.2) is 24.3 Å². The monoisotopic (exact) mass is 230 g/mol. The van der Waals surface area contributed by atoms with Gasteiger partial charge in [0.2, 0.25) is 0 Å². The van der Waals surface area contributed by atoms with Crippen LogP contribution in [0.25, 0.3) is 5.69 Å². The summed E-state index contributed by atoms with van der Waals surface area (Å²) in [6.45, 7) is 5.70. The van der Waals surface area contributed by atoms with Crippen molar-refractivity contribution in [3.63, 3.8) is 0 Å². The number of nitrogens with zero attached hydrogens (tertiary/aromatic N) is 2. The molecule has 0 saturated heterocycles. The van der Waals surface area contributed by atoms with E-state index in [1.54, 1.807) is 19.1 Å². The number of benzene rings is 1. The van der Waals surface area contributed by atoms with Gasteiger partial charge in [0.05, 0.1) is 16.9 Å². The molecule has 4 heteroatoms. The lowest BCUT2D eigenvalue weighted by atomic mass is 10.1. The van der Waals surface area contributed by atoms with E-state index in [0.29, 0.717) is 5.56 Å². The van der Waals surface area contributed by atoms with Gasteiger partial charge in [-0.15, -0.1) is 0 Å². The molecule has 1 aromatic heterocycles. The van der Waals surface area contributed by atoms with Crippen LogP contribution in [0, 0.1) is 20.8 Å². The van der Waals surface area contributed by atoms with E-state index < -0.39 is 5.97 Å². The minimum Gasteiger partial charge on any atom is -0.478 e. The summed E-state index contributed by atoms with van der Waals surface area (Å²) >= 11 is 0. The van der Waals surface area contributed by atoms with Gasteiger partial charge in [-0.3, -0.25) is 0 Å². The average Bonchev–Trinajstić information content (AvgIpc) is 2.57. The van der Waals surface area contributed by atoms with E-state index >= 15 is 0 Å². The van der Waals surface area contributed by atoms with Gasteiger partial charge in [0.25, 0.3) is 0 Å². The van der Waals surface area contributed by atoms with Crippen LogP contribution in [0.4, 0.5) is 0 Å². The van der Waals surface area contributed by atoms with E-state index in [1.165, 1.54) is 0 Å². The van der Waals surface area contributed by atoms with Gasteiger partial charge in [-0.1, -0.05) is 0 Å².